The maximum atomic E-state index is 15.5. The van der Waals surface area contributed by atoms with Crippen LogP contribution in [-0.2, 0) is 89.0 Å². The van der Waals surface area contributed by atoms with Crippen molar-refractivity contribution in [2.75, 3.05) is 26.2 Å². The molecule has 4 aliphatic rings. The van der Waals surface area contributed by atoms with Crippen molar-refractivity contribution in [1.82, 2.24) is 46.4 Å². The second-order valence-electron chi connectivity index (χ2n) is 20.6. The molecule has 1 aliphatic carbocycles. The molecule has 0 spiro atoms. The van der Waals surface area contributed by atoms with Crippen LogP contribution in [0, 0.1) is 12.7 Å². The van der Waals surface area contributed by atoms with Crippen LogP contribution in [0.5, 0.6) is 0 Å². The second-order valence-corrected chi connectivity index (χ2v) is 20.6. The fourth-order valence-electron chi connectivity index (χ4n) is 10.1. The fraction of sp³-hybridized carbons (Fsp3) is 0.418. The Morgan fingerprint density at radius 2 is 1.51 bits per heavy atom. The molecule has 8 amide bonds. The summed E-state index contributed by atoms with van der Waals surface area (Å²) < 4.78 is 27.5. The quantitative estimate of drug-likeness (QED) is 0.0415. The van der Waals surface area contributed by atoms with E-state index in [0.717, 1.165) is 17.1 Å². The number of aryl methyl sites for hydroxylation is 1. The van der Waals surface area contributed by atoms with E-state index in [0.29, 0.717) is 57.4 Å². The third-order valence-corrected chi connectivity index (χ3v) is 14.1. The van der Waals surface area contributed by atoms with Crippen molar-refractivity contribution in [3.8, 4) is 11.4 Å². The molecule has 23 nitrogen and oxygen atoms in total. The van der Waals surface area contributed by atoms with E-state index in [2.05, 4.69) is 31.9 Å². The van der Waals surface area contributed by atoms with Gasteiger partial charge < -0.3 is 51.0 Å². The lowest BCUT2D eigenvalue weighted by molar-refractivity contribution is -0.172. The predicted molar refractivity (Wildman–Crippen MR) is 277 cm³/mol. The molecule has 4 atom stereocenters. The van der Waals surface area contributed by atoms with Crippen LogP contribution in [-0.4, -0.2) is 123 Å². The number of esters is 2. The molecule has 24 heteroatoms. The Balaban J connectivity index is 0.904. The molecule has 0 unspecified atom stereocenters. The van der Waals surface area contributed by atoms with E-state index < -0.39 is 120 Å². The van der Waals surface area contributed by atoms with Gasteiger partial charge in [-0.05, 0) is 81.7 Å². The number of ether oxygens (including phenoxy) is 2. The van der Waals surface area contributed by atoms with Gasteiger partial charge in [0.15, 0.2) is 5.60 Å². The zero-order valence-electron chi connectivity index (χ0n) is 44.1. The van der Waals surface area contributed by atoms with Crippen LogP contribution in [0.2, 0.25) is 0 Å². The number of hydrogen-bond donors (Lipinski definition) is 7. The molecule has 416 valence electrons. The van der Waals surface area contributed by atoms with E-state index in [1.54, 1.807) is 71.0 Å². The lowest BCUT2D eigenvalue weighted by Crippen LogP contribution is -2.53. The largest absolute Gasteiger partial charge is 0.460 e. The molecule has 3 aliphatic heterocycles. The summed E-state index contributed by atoms with van der Waals surface area (Å²) in [7, 11) is 0. The van der Waals surface area contributed by atoms with Crippen molar-refractivity contribution in [1.29, 1.82) is 0 Å². The zero-order valence-corrected chi connectivity index (χ0v) is 44.1. The Labute approximate surface area is 451 Å². The summed E-state index contributed by atoms with van der Waals surface area (Å²) in [5.74, 6) is -7.87. The number of nitrogens with zero attached hydrogens (tertiary/aromatic N) is 3. The van der Waals surface area contributed by atoms with Gasteiger partial charge in [0.05, 0.1) is 54.7 Å². The van der Waals surface area contributed by atoms with Gasteiger partial charge in [-0.25, -0.2) is 14.2 Å². The van der Waals surface area contributed by atoms with Crippen molar-refractivity contribution >= 4 is 70.1 Å². The van der Waals surface area contributed by atoms with Gasteiger partial charge in [0.2, 0.25) is 35.4 Å². The minimum atomic E-state index is -2.08. The van der Waals surface area contributed by atoms with Crippen LogP contribution in [0.25, 0.3) is 22.3 Å². The van der Waals surface area contributed by atoms with E-state index in [-0.39, 0.29) is 68.4 Å². The average Bonchev–Trinajstić information content (AvgIpc) is 4.21. The highest BCUT2D eigenvalue weighted by molar-refractivity contribution is 6.13. The van der Waals surface area contributed by atoms with Crippen LogP contribution in [0.1, 0.15) is 105 Å². The average molecular weight is 1090 g/mol. The first-order chi connectivity index (χ1) is 37.5. The summed E-state index contributed by atoms with van der Waals surface area (Å²) in [6.07, 6.45) is 1.76. The van der Waals surface area contributed by atoms with E-state index >= 15 is 4.39 Å². The molecule has 2 aromatic heterocycles. The maximum Gasteiger partial charge on any atom is 0.343 e. The summed E-state index contributed by atoms with van der Waals surface area (Å²) in [6, 6.07) is 8.17. The summed E-state index contributed by atoms with van der Waals surface area (Å²) in [6.45, 7) is 5.69. The van der Waals surface area contributed by atoms with Crippen molar-refractivity contribution in [2.24, 2.45) is 0 Å². The highest BCUT2D eigenvalue weighted by atomic mass is 19.1. The van der Waals surface area contributed by atoms with Gasteiger partial charge in [-0.15, -0.1) is 0 Å². The van der Waals surface area contributed by atoms with Crippen LogP contribution < -0.4 is 37.5 Å². The molecule has 0 radical (unpaired) electrons. The first-order valence-electron chi connectivity index (χ1n) is 25.8. The molecule has 8 rings (SSSR count). The maximum absolute atomic E-state index is 15.5. The molecular weight excluding hydrogens is 1030 g/mol. The summed E-state index contributed by atoms with van der Waals surface area (Å²) in [5, 5.41) is 27.4. The Kier molecular flexibility index (Phi) is 16.5. The third-order valence-electron chi connectivity index (χ3n) is 14.1. The molecule has 4 aromatic rings. The van der Waals surface area contributed by atoms with Gasteiger partial charge >= 0.3 is 11.9 Å². The number of rotatable bonds is 20. The number of benzene rings is 2. The van der Waals surface area contributed by atoms with Crippen LogP contribution >= 0.6 is 0 Å². The Morgan fingerprint density at radius 3 is 2.19 bits per heavy atom. The van der Waals surface area contributed by atoms with Gasteiger partial charge in [0, 0.05) is 60.5 Å². The standard InChI is InChI=1S/C55H60FN9O14/c1-6-55(77)33-21-39-49-31(26-65(39)52(75)32(33)27-78-53(55)76)48-35(13-12-30-28(2)34(56)22-37(63-49)47(30)48)60-43(69)25-59-51(74)38(20-29-10-8-7-9-11-29)62-42(68)24-57-41(67)23-58-50(73)36(14-17-46(72)79-54(3,4)5)61-40(66)18-19-64-44(70)15-16-45(64)71/h7-11,15-16,21-22,35-36,38,77H,6,12-14,17-20,23-27H2,1-5H3,(H,57,67)(H,58,73)(H,59,74)(H,60,69)(H,61,66)(H,62,68)/t35-,36-,38-,55-/m0/s1. The SMILES string of the molecule is CC[C@@]1(O)C(=O)OCc2c1cc1n(c2=O)Cc2c-1nc1cc(F)c(C)c3c1c2[C@@H](NC(=O)CNC(=O)[C@H](Cc1ccccc1)NC(=O)CNC(=O)CNC(=O)[C@H](CCC(=O)OC(C)(C)C)NC(=O)CCN1C(=O)C=CC1=O)CC3. The predicted octanol–water partition coefficient (Wildman–Crippen LogP) is 0.629. The lowest BCUT2D eigenvalue weighted by Gasteiger charge is -2.31. The smallest absolute Gasteiger partial charge is 0.343 e. The van der Waals surface area contributed by atoms with Crippen molar-refractivity contribution in [2.45, 2.75) is 122 Å². The molecule has 0 bridgehead atoms. The highest BCUT2D eigenvalue weighted by Gasteiger charge is 2.46. The lowest BCUT2D eigenvalue weighted by atomic mass is 9.81. The molecule has 0 saturated heterocycles. The fourth-order valence-corrected chi connectivity index (χ4v) is 10.1. The third kappa shape index (κ3) is 12.4. The minimum absolute atomic E-state index is 0.00859. The number of halogens is 1. The molecule has 7 N–H and O–H groups in total. The van der Waals surface area contributed by atoms with Crippen molar-refractivity contribution in [3.05, 3.63) is 110 Å². The number of nitrogens with one attached hydrogen (secondary N) is 6. The van der Waals surface area contributed by atoms with E-state index in [9.17, 15) is 57.8 Å². The molecule has 79 heavy (non-hydrogen) atoms. The number of aliphatic hydroxyl groups is 1. The number of carbonyl (C=O) groups excluding carboxylic acids is 10. The van der Waals surface area contributed by atoms with Crippen molar-refractivity contribution in [3.63, 3.8) is 0 Å². The molecule has 5 heterocycles. The molecule has 0 fully saturated rings. The van der Waals surface area contributed by atoms with Crippen molar-refractivity contribution < 1.29 is 66.9 Å². The van der Waals surface area contributed by atoms with E-state index in [1.807, 2.05) is 0 Å². The monoisotopic (exact) mass is 1090 g/mol. The van der Waals surface area contributed by atoms with Gasteiger partial charge in [-0.1, -0.05) is 37.3 Å². The summed E-state index contributed by atoms with van der Waals surface area (Å²) in [5.41, 5.74) is 0.591. The van der Waals surface area contributed by atoms with Crippen LogP contribution in [0.4, 0.5) is 4.39 Å². The minimum Gasteiger partial charge on any atom is -0.460 e. The van der Waals surface area contributed by atoms with E-state index in [4.69, 9.17) is 14.5 Å². The van der Waals surface area contributed by atoms with Crippen LogP contribution in [0.3, 0.4) is 0 Å². The number of aromatic nitrogens is 2. The Bertz CT molecular complexity index is 3300. The highest BCUT2D eigenvalue weighted by Crippen LogP contribution is 2.46. The number of imide groups is 1. The Morgan fingerprint density at radius 1 is 0.848 bits per heavy atom. The summed E-state index contributed by atoms with van der Waals surface area (Å²) >= 11 is 0. The number of hydrogen-bond acceptors (Lipinski definition) is 15. The number of pyridine rings is 2. The number of cyclic esters (lactones) is 1. The normalized spacial score (nSPS) is 17.6. The Hall–Kier alpha value is -8.67. The first-order valence-corrected chi connectivity index (χ1v) is 25.8. The van der Waals surface area contributed by atoms with E-state index in [1.165, 1.54) is 10.6 Å². The molecule has 0 saturated carbocycles. The van der Waals surface area contributed by atoms with Gasteiger partial charge in [0.1, 0.15) is 30.1 Å². The number of carbonyl (C=O) groups is 10. The first kappa shape index (κ1) is 56.5. The van der Waals surface area contributed by atoms with Gasteiger partial charge in [0.25, 0.3) is 17.4 Å². The van der Waals surface area contributed by atoms with Crippen LogP contribution in [0.15, 0.2) is 59.4 Å². The summed E-state index contributed by atoms with van der Waals surface area (Å²) in [4.78, 5) is 149. The topological polar surface area (TPSA) is 320 Å². The number of amides is 8. The molecule has 2 aromatic carbocycles. The second kappa shape index (κ2) is 23.1. The zero-order chi connectivity index (χ0) is 57.1. The van der Waals surface area contributed by atoms with Gasteiger partial charge in [-0.2, -0.15) is 0 Å². The molecular formula is C55H60FN9O14. The van der Waals surface area contributed by atoms with Gasteiger partial charge in [-0.3, -0.25) is 52.8 Å². The number of fused-ring (bicyclic) bond motifs is 5.